The number of allylic oxidation sites excluding steroid dienone is 3. The van der Waals surface area contributed by atoms with E-state index in [-0.39, 0.29) is 22.9 Å². The van der Waals surface area contributed by atoms with Gasteiger partial charge >= 0.3 is 5.97 Å². The zero-order chi connectivity index (χ0) is 24.2. The Kier molecular flexibility index (Phi) is 10.9. The van der Waals surface area contributed by atoms with E-state index < -0.39 is 10.9 Å². The minimum atomic E-state index is -0.687. The molecule has 182 valence electrons. The van der Waals surface area contributed by atoms with E-state index >= 15 is 0 Å². The van der Waals surface area contributed by atoms with Crippen LogP contribution in [0.15, 0.2) is 36.2 Å². The van der Waals surface area contributed by atoms with Gasteiger partial charge in [0.2, 0.25) is 0 Å². The molecule has 0 bridgehead atoms. The number of likely N-dealkylation sites (N-methyl/N-ethyl adjacent to an activating group) is 1. The van der Waals surface area contributed by atoms with Gasteiger partial charge in [0.05, 0.1) is 12.0 Å². The van der Waals surface area contributed by atoms with Crippen LogP contribution < -0.4 is 15.0 Å². The third-order valence-electron chi connectivity index (χ3n) is 5.41. The maximum absolute atomic E-state index is 12.4. The lowest BCUT2D eigenvalue weighted by Crippen LogP contribution is -2.28. The summed E-state index contributed by atoms with van der Waals surface area (Å²) < 4.78 is 16.2. The highest BCUT2D eigenvalue weighted by molar-refractivity contribution is 5.95. The molecule has 0 saturated carbocycles. The van der Waals surface area contributed by atoms with Crippen LogP contribution in [0.4, 0.5) is 11.4 Å². The number of anilines is 1. The number of hydrogen-bond donors (Lipinski definition) is 1. The average molecular weight is 462 g/mol. The number of nitrogens with one attached hydrogen (secondary N) is 1. The normalized spacial score (nSPS) is 15.0. The highest BCUT2D eigenvalue weighted by Crippen LogP contribution is 2.40. The molecule has 0 spiro atoms. The first-order chi connectivity index (χ1) is 16.0. The number of ether oxygens (including phenoxy) is 3. The summed E-state index contributed by atoms with van der Waals surface area (Å²) in [4.78, 5) is 25.9. The Morgan fingerprint density at radius 3 is 2.67 bits per heavy atom. The summed E-state index contributed by atoms with van der Waals surface area (Å²) in [6.45, 7) is 6.11. The van der Waals surface area contributed by atoms with Gasteiger partial charge in [0, 0.05) is 49.7 Å². The number of esters is 1. The number of hydrogen-bond acceptors (Lipinski definition) is 8. The molecule has 2 rings (SSSR count). The molecule has 1 aromatic rings. The number of nitro groups is 1. The molecule has 9 heteroatoms. The van der Waals surface area contributed by atoms with E-state index in [0.717, 1.165) is 31.4 Å². The number of unbranched alkanes of at least 4 members (excludes halogenated alkanes) is 1. The van der Waals surface area contributed by atoms with Crippen molar-refractivity contribution in [2.75, 3.05) is 45.4 Å². The van der Waals surface area contributed by atoms with Gasteiger partial charge in [-0.25, -0.2) is 4.79 Å². The molecule has 1 N–H and O–H groups in total. The van der Waals surface area contributed by atoms with Crippen molar-refractivity contribution in [2.24, 2.45) is 5.92 Å². The van der Waals surface area contributed by atoms with Gasteiger partial charge < -0.3 is 24.4 Å². The number of methoxy groups -OCH3 is 1. The van der Waals surface area contributed by atoms with Crippen LogP contribution in [0.5, 0.6) is 5.75 Å². The van der Waals surface area contributed by atoms with Crippen LogP contribution in [0.25, 0.3) is 0 Å². The molecule has 0 aliphatic carbocycles. The Bertz CT molecular complexity index is 862. The van der Waals surface area contributed by atoms with Crippen molar-refractivity contribution in [1.82, 2.24) is 5.32 Å². The Labute approximate surface area is 195 Å². The van der Waals surface area contributed by atoms with Gasteiger partial charge in [-0.3, -0.25) is 10.1 Å². The number of rotatable bonds is 12. The highest BCUT2D eigenvalue weighted by Gasteiger charge is 2.30. The largest absolute Gasteiger partial charge is 0.491 e. The molecule has 0 aromatic heterocycles. The second kappa shape index (κ2) is 13.6. The summed E-state index contributed by atoms with van der Waals surface area (Å²) in [5.41, 5.74) is 1.17. The molecule has 1 heterocycles. The van der Waals surface area contributed by atoms with Gasteiger partial charge in [-0.15, -0.1) is 0 Å². The fourth-order valence-electron chi connectivity index (χ4n) is 3.75. The van der Waals surface area contributed by atoms with E-state index in [1.807, 2.05) is 24.1 Å². The zero-order valence-electron chi connectivity index (χ0n) is 20.0. The Hall–Kier alpha value is -2.91. The van der Waals surface area contributed by atoms with Crippen molar-refractivity contribution in [3.05, 3.63) is 51.9 Å². The molecule has 9 nitrogen and oxygen atoms in total. The summed E-state index contributed by atoms with van der Waals surface area (Å²) in [5.74, 6) is -0.239. The fraction of sp³-hybridized carbons (Fsp3) is 0.542. The van der Waals surface area contributed by atoms with Crippen LogP contribution in [-0.4, -0.2) is 51.4 Å². The highest BCUT2D eigenvalue weighted by atomic mass is 16.6. The predicted molar refractivity (Wildman–Crippen MR) is 128 cm³/mol. The molecule has 0 amide bonds. The van der Waals surface area contributed by atoms with E-state index in [0.29, 0.717) is 32.1 Å². The first-order valence-electron chi connectivity index (χ1n) is 11.4. The van der Waals surface area contributed by atoms with Crippen molar-refractivity contribution >= 4 is 17.3 Å². The summed E-state index contributed by atoms with van der Waals surface area (Å²) in [6, 6.07) is 2.81. The van der Waals surface area contributed by atoms with Gasteiger partial charge in [0.1, 0.15) is 23.6 Å². The first kappa shape index (κ1) is 26.3. The van der Waals surface area contributed by atoms with Crippen molar-refractivity contribution < 1.29 is 23.9 Å². The maximum atomic E-state index is 12.4. The van der Waals surface area contributed by atoms with Crippen molar-refractivity contribution in [3.63, 3.8) is 0 Å². The van der Waals surface area contributed by atoms with Crippen LogP contribution in [0.3, 0.4) is 0 Å². The van der Waals surface area contributed by atoms with Crippen molar-refractivity contribution in [1.29, 1.82) is 0 Å². The average Bonchev–Trinajstić information content (AvgIpc) is 2.83. The lowest BCUT2D eigenvalue weighted by Gasteiger charge is -2.32. The molecule has 33 heavy (non-hydrogen) atoms. The quantitative estimate of drug-likeness (QED) is 0.211. The van der Waals surface area contributed by atoms with Crippen molar-refractivity contribution in [3.8, 4) is 5.75 Å². The van der Waals surface area contributed by atoms with E-state index in [9.17, 15) is 14.9 Å². The van der Waals surface area contributed by atoms with Gasteiger partial charge in [-0.05, 0) is 33.2 Å². The number of nitro benzene ring substituents is 1. The molecular weight excluding hydrogens is 426 g/mol. The molecule has 1 aliphatic heterocycles. The van der Waals surface area contributed by atoms with Crippen LogP contribution >= 0.6 is 0 Å². The number of carbonyl (C=O) groups excluding carboxylic acids is 1. The van der Waals surface area contributed by atoms with Gasteiger partial charge in [-0.1, -0.05) is 25.5 Å². The van der Waals surface area contributed by atoms with Crippen molar-refractivity contribution in [2.45, 2.75) is 39.5 Å². The Morgan fingerprint density at radius 1 is 1.36 bits per heavy atom. The maximum Gasteiger partial charge on any atom is 0.341 e. The second-order valence-electron chi connectivity index (χ2n) is 7.69. The SMILES string of the molecule is C/C=C\N(/C(=C/CCC)C1CCOCC1)c1cc(OCCNC)c(C(=O)OC)cc1[N+](=O)[O-]. The second-order valence-corrected chi connectivity index (χ2v) is 7.69. The first-order valence-corrected chi connectivity index (χ1v) is 11.4. The summed E-state index contributed by atoms with van der Waals surface area (Å²) in [6.07, 6.45) is 9.30. The van der Waals surface area contributed by atoms with Gasteiger partial charge in [0.15, 0.2) is 0 Å². The van der Waals surface area contributed by atoms with Gasteiger partial charge in [-0.2, -0.15) is 0 Å². The zero-order valence-corrected chi connectivity index (χ0v) is 20.0. The smallest absolute Gasteiger partial charge is 0.341 e. The van der Waals surface area contributed by atoms with Crippen LogP contribution in [0.1, 0.15) is 49.9 Å². The predicted octanol–water partition coefficient (Wildman–Crippen LogP) is 4.43. The third-order valence-corrected chi connectivity index (χ3v) is 5.41. The molecule has 1 aromatic carbocycles. The lowest BCUT2D eigenvalue weighted by atomic mass is 9.93. The molecule has 0 unspecified atom stereocenters. The minimum absolute atomic E-state index is 0.0228. The molecule has 0 radical (unpaired) electrons. The molecule has 1 aliphatic rings. The van der Waals surface area contributed by atoms with Crippen LogP contribution in [-0.2, 0) is 9.47 Å². The minimum Gasteiger partial charge on any atom is -0.491 e. The van der Waals surface area contributed by atoms with E-state index in [4.69, 9.17) is 14.2 Å². The monoisotopic (exact) mass is 461 g/mol. The standard InChI is InChI=1S/C24H35N3O6/c1-5-7-8-20(18-9-13-32-14-10-18)26(12-6-2)21-17-23(33-15-11-25-3)19(24(28)31-4)16-22(21)27(29)30/h6,8,12,16-18,25H,5,7,9-11,13-15H2,1-4H3/b12-6-,20-8+. The van der Waals surface area contributed by atoms with E-state index in [1.54, 1.807) is 13.1 Å². The molecular formula is C24H35N3O6. The Morgan fingerprint density at radius 2 is 2.09 bits per heavy atom. The summed E-state index contributed by atoms with van der Waals surface area (Å²) in [5, 5.41) is 15.1. The third kappa shape index (κ3) is 7.03. The number of benzene rings is 1. The summed E-state index contributed by atoms with van der Waals surface area (Å²) >= 11 is 0. The lowest BCUT2D eigenvalue weighted by molar-refractivity contribution is -0.384. The molecule has 1 fully saturated rings. The van der Waals surface area contributed by atoms with Crippen LogP contribution in [0, 0.1) is 16.0 Å². The number of nitrogens with zero attached hydrogens (tertiary/aromatic N) is 2. The number of carbonyl (C=O) groups is 1. The van der Waals surface area contributed by atoms with E-state index in [2.05, 4.69) is 18.3 Å². The molecule has 0 atom stereocenters. The van der Waals surface area contributed by atoms with Gasteiger partial charge in [0.25, 0.3) is 5.69 Å². The van der Waals surface area contributed by atoms with E-state index in [1.165, 1.54) is 13.2 Å². The topological polar surface area (TPSA) is 103 Å². The van der Waals surface area contributed by atoms with Crippen LogP contribution in [0.2, 0.25) is 0 Å². The fourth-order valence-corrected chi connectivity index (χ4v) is 3.75. The Balaban J connectivity index is 2.68. The molecule has 1 saturated heterocycles. The summed E-state index contributed by atoms with van der Waals surface area (Å²) in [7, 11) is 3.03.